The Bertz CT molecular complexity index is 499. The first-order valence-electron chi connectivity index (χ1n) is 6.92. The number of rotatable bonds is 3. The summed E-state index contributed by atoms with van der Waals surface area (Å²) in [6.07, 6.45) is 0.697. The maximum Gasteiger partial charge on any atom is 0.272 e. The Morgan fingerprint density at radius 1 is 1.60 bits per heavy atom. The van der Waals surface area contributed by atoms with Crippen molar-refractivity contribution in [2.24, 2.45) is 7.05 Å². The van der Waals surface area contributed by atoms with Crippen LogP contribution >= 0.6 is 11.6 Å². The standard InChI is InChI=1S/C14H22ClN3O2/c1-5-10-6-12(17(4)16-10)13(19)18-8-11(7-15)20-14(2,3)9-18/h6,11H,5,7-9H2,1-4H3. The second-order valence-electron chi connectivity index (χ2n) is 5.84. The van der Waals surface area contributed by atoms with E-state index in [9.17, 15) is 4.79 Å². The predicted molar refractivity (Wildman–Crippen MR) is 78.2 cm³/mol. The van der Waals surface area contributed by atoms with Crippen molar-refractivity contribution in [2.45, 2.75) is 38.9 Å². The number of nitrogens with zero attached hydrogens (tertiary/aromatic N) is 3. The van der Waals surface area contributed by atoms with E-state index in [0.717, 1.165) is 12.1 Å². The lowest BCUT2D eigenvalue weighted by Crippen LogP contribution is -2.55. The Kier molecular flexibility index (Phi) is 4.39. The first-order chi connectivity index (χ1) is 9.36. The summed E-state index contributed by atoms with van der Waals surface area (Å²) in [6, 6.07) is 1.86. The summed E-state index contributed by atoms with van der Waals surface area (Å²) in [5.74, 6) is 0.380. The molecule has 5 nitrogen and oxygen atoms in total. The molecule has 0 saturated carbocycles. The van der Waals surface area contributed by atoms with Crippen LogP contribution in [0.3, 0.4) is 0 Å². The van der Waals surface area contributed by atoms with Crippen LogP contribution in [0, 0.1) is 0 Å². The van der Waals surface area contributed by atoms with Crippen LogP contribution < -0.4 is 0 Å². The van der Waals surface area contributed by atoms with Crippen molar-refractivity contribution in [3.8, 4) is 0 Å². The van der Waals surface area contributed by atoms with E-state index in [4.69, 9.17) is 16.3 Å². The van der Waals surface area contributed by atoms with Gasteiger partial charge in [0, 0.05) is 20.1 Å². The van der Waals surface area contributed by atoms with Crippen LogP contribution in [-0.2, 0) is 18.2 Å². The van der Waals surface area contributed by atoms with Gasteiger partial charge in [0.2, 0.25) is 0 Å². The molecule has 0 bridgehead atoms. The molecule has 2 heterocycles. The minimum absolute atomic E-state index is 0.00816. The van der Waals surface area contributed by atoms with Crippen molar-refractivity contribution in [2.75, 3.05) is 19.0 Å². The summed E-state index contributed by atoms with van der Waals surface area (Å²) in [6.45, 7) is 7.07. The molecule has 0 aromatic carbocycles. The Labute approximate surface area is 124 Å². The second kappa shape index (κ2) is 5.74. The molecule has 1 fully saturated rings. The molecule has 112 valence electrons. The zero-order valence-electron chi connectivity index (χ0n) is 12.5. The molecule has 1 unspecified atom stereocenters. The number of aryl methyl sites for hydroxylation is 2. The summed E-state index contributed by atoms with van der Waals surface area (Å²) >= 11 is 5.90. The smallest absolute Gasteiger partial charge is 0.272 e. The molecule has 1 atom stereocenters. The number of hydrogen-bond donors (Lipinski definition) is 0. The molecule has 1 aromatic rings. The molecule has 1 aromatic heterocycles. The van der Waals surface area contributed by atoms with Crippen molar-refractivity contribution in [3.63, 3.8) is 0 Å². The van der Waals surface area contributed by atoms with Crippen LogP contribution in [0.4, 0.5) is 0 Å². The van der Waals surface area contributed by atoms with Crippen molar-refractivity contribution in [1.82, 2.24) is 14.7 Å². The molecule has 0 N–H and O–H groups in total. The van der Waals surface area contributed by atoms with Crippen LogP contribution in [0.1, 0.15) is 37.0 Å². The van der Waals surface area contributed by atoms with E-state index >= 15 is 0 Å². The van der Waals surface area contributed by atoms with Crippen molar-refractivity contribution >= 4 is 17.5 Å². The molecule has 1 aliphatic heterocycles. The van der Waals surface area contributed by atoms with Gasteiger partial charge in [-0.3, -0.25) is 9.48 Å². The van der Waals surface area contributed by atoms with Gasteiger partial charge in [0.15, 0.2) is 0 Å². The van der Waals surface area contributed by atoms with Gasteiger partial charge in [-0.1, -0.05) is 6.92 Å². The fraction of sp³-hybridized carbons (Fsp3) is 0.714. The van der Waals surface area contributed by atoms with Gasteiger partial charge in [0.25, 0.3) is 5.91 Å². The topological polar surface area (TPSA) is 47.4 Å². The number of morpholine rings is 1. The number of amides is 1. The SMILES string of the molecule is CCc1cc(C(=O)N2CC(CCl)OC(C)(C)C2)n(C)n1. The Balaban J connectivity index is 2.21. The lowest BCUT2D eigenvalue weighted by atomic mass is 10.1. The first-order valence-corrected chi connectivity index (χ1v) is 7.45. The highest BCUT2D eigenvalue weighted by Crippen LogP contribution is 2.23. The molecular weight excluding hydrogens is 278 g/mol. The van der Waals surface area contributed by atoms with Crippen LogP contribution in [0.15, 0.2) is 6.07 Å². The van der Waals surface area contributed by atoms with E-state index in [0.29, 0.717) is 24.7 Å². The van der Waals surface area contributed by atoms with Crippen LogP contribution in [0.5, 0.6) is 0 Å². The highest BCUT2D eigenvalue weighted by atomic mass is 35.5. The molecule has 0 spiro atoms. The number of aromatic nitrogens is 2. The normalized spacial score (nSPS) is 22.1. The molecular formula is C14H22ClN3O2. The molecule has 1 aliphatic rings. The molecule has 2 rings (SSSR count). The summed E-state index contributed by atoms with van der Waals surface area (Å²) < 4.78 is 7.50. The van der Waals surface area contributed by atoms with Gasteiger partial charge < -0.3 is 9.64 Å². The highest BCUT2D eigenvalue weighted by Gasteiger charge is 2.36. The molecule has 0 aliphatic carbocycles. The third kappa shape index (κ3) is 3.15. The highest BCUT2D eigenvalue weighted by molar-refractivity contribution is 6.18. The Morgan fingerprint density at radius 3 is 2.85 bits per heavy atom. The summed E-state index contributed by atoms with van der Waals surface area (Å²) in [5, 5.41) is 4.33. The number of halogens is 1. The van der Waals surface area contributed by atoms with Crippen molar-refractivity contribution in [3.05, 3.63) is 17.5 Å². The second-order valence-corrected chi connectivity index (χ2v) is 6.15. The van der Waals surface area contributed by atoms with Gasteiger partial charge >= 0.3 is 0 Å². The Morgan fingerprint density at radius 2 is 2.30 bits per heavy atom. The lowest BCUT2D eigenvalue weighted by Gasteiger charge is -2.42. The van der Waals surface area contributed by atoms with Crippen molar-refractivity contribution in [1.29, 1.82) is 0 Å². The van der Waals surface area contributed by atoms with E-state index < -0.39 is 0 Å². The van der Waals surface area contributed by atoms with Crippen LogP contribution in [0.25, 0.3) is 0 Å². The van der Waals surface area contributed by atoms with E-state index in [2.05, 4.69) is 5.10 Å². The van der Waals surface area contributed by atoms with Gasteiger partial charge in [0.1, 0.15) is 5.69 Å². The van der Waals surface area contributed by atoms with E-state index in [-0.39, 0.29) is 17.6 Å². The average Bonchev–Trinajstić information content (AvgIpc) is 2.77. The largest absolute Gasteiger partial charge is 0.367 e. The minimum Gasteiger partial charge on any atom is -0.367 e. The summed E-state index contributed by atoms with van der Waals surface area (Å²) in [4.78, 5) is 14.5. The summed E-state index contributed by atoms with van der Waals surface area (Å²) in [5.41, 5.74) is 1.17. The zero-order valence-corrected chi connectivity index (χ0v) is 13.3. The fourth-order valence-corrected chi connectivity index (χ4v) is 2.75. The van der Waals surface area contributed by atoms with Gasteiger partial charge in [-0.05, 0) is 26.3 Å². The third-order valence-electron chi connectivity index (χ3n) is 3.45. The van der Waals surface area contributed by atoms with E-state index in [1.165, 1.54) is 0 Å². The molecule has 20 heavy (non-hydrogen) atoms. The molecule has 6 heteroatoms. The number of hydrogen-bond acceptors (Lipinski definition) is 3. The monoisotopic (exact) mass is 299 g/mol. The number of carbonyl (C=O) groups excluding carboxylic acids is 1. The molecule has 1 saturated heterocycles. The third-order valence-corrected chi connectivity index (χ3v) is 3.80. The number of carbonyl (C=O) groups is 1. The van der Waals surface area contributed by atoms with Gasteiger partial charge in [-0.15, -0.1) is 11.6 Å². The maximum absolute atomic E-state index is 12.7. The maximum atomic E-state index is 12.7. The van der Waals surface area contributed by atoms with E-state index in [1.54, 1.807) is 11.7 Å². The quantitative estimate of drug-likeness (QED) is 0.800. The Hall–Kier alpha value is -1.07. The molecule has 0 radical (unpaired) electrons. The van der Waals surface area contributed by atoms with Gasteiger partial charge in [-0.2, -0.15) is 5.10 Å². The first kappa shape index (κ1) is 15.3. The lowest BCUT2D eigenvalue weighted by molar-refractivity contribution is -0.117. The number of ether oxygens (including phenoxy) is 1. The van der Waals surface area contributed by atoms with Gasteiger partial charge in [0.05, 0.1) is 23.3 Å². The van der Waals surface area contributed by atoms with Gasteiger partial charge in [-0.25, -0.2) is 0 Å². The van der Waals surface area contributed by atoms with Crippen LogP contribution in [0.2, 0.25) is 0 Å². The zero-order chi connectivity index (χ0) is 14.9. The number of alkyl halides is 1. The molecule has 1 amide bonds. The predicted octanol–water partition coefficient (Wildman–Crippen LogP) is 1.84. The van der Waals surface area contributed by atoms with Crippen LogP contribution in [-0.4, -0.2) is 51.3 Å². The average molecular weight is 300 g/mol. The fourth-order valence-electron chi connectivity index (χ4n) is 2.59. The summed E-state index contributed by atoms with van der Waals surface area (Å²) in [7, 11) is 1.80. The van der Waals surface area contributed by atoms with E-state index in [1.807, 2.05) is 31.7 Å². The minimum atomic E-state index is -0.375. The van der Waals surface area contributed by atoms with Crippen molar-refractivity contribution < 1.29 is 9.53 Å².